The molecule has 0 aromatic heterocycles. The van der Waals surface area contributed by atoms with Gasteiger partial charge in [0.2, 0.25) is 10.0 Å². The van der Waals surface area contributed by atoms with E-state index in [1.807, 2.05) is 54.6 Å². The summed E-state index contributed by atoms with van der Waals surface area (Å²) >= 11 is 0. The third-order valence-electron chi connectivity index (χ3n) is 4.32. The lowest BCUT2D eigenvalue weighted by Crippen LogP contribution is -2.28. The minimum absolute atomic E-state index is 0.188. The number of guanidine groups is 1. The molecule has 2 aromatic rings. The molecule has 1 unspecified atom stereocenters. The lowest BCUT2D eigenvalue weighted by atomic mass is 10.1. The number of benzene rings is 2. The van der Waals surface area contributed by atoms with Gasteiger partial charge in [0.15, 0.2) is 5.96 Å². The summed E-state index contributed by atoms with van der Waals surface area (Å²) in [5.74, 6) is 1.93. The summed E-state index contributed by atoms with van der Waals surface area (Å²) in [6.45, 7) is 1.53. The SMILES string of the molecule is CS(=O)(=O)N1CCC(CN=C(N)Nc2cccc(Oc3ccccc3)c2)C1. The van der Waals surface area contributed by atoms with Gasteiger partial charge in [-0.05, 0) is 36.6 Å². The minimum Gasteiger partial charge on any atom is -0.457 e. The van der Waals surface area contributed by atoms with E-state index in [-0.39, 0.29) is 5.92 Å². The highest BCUT2D eigenvalue weighted by Gasteiger charge is 2.28. The molecule has 0 bridgehead atoms. The first-order valence-corrected chi connectivity index (χ1v) is 10.6. The third-order valence-corrected chi connectivity index (χ3v) is 5.59. The van der Waals surface area contributed by atoms with Gasteiger partial charge in [0.1, 0.15) is 11.5 Å². The molecule has 0 amide bonds. The number of nitrogens with zero attached hydrogens (tertiary/aromatic N) is 2. The molecule has 2 aromatic carbocycles. The van der Waals surface area contributed by atoms with E-state index in [9.17, 15) is 8.42 Å². The number of nitrogens with one attached hydrogen (secondary N) is 1. The van der Waals surface area contributed by atoms with Crippen LogP contribution in [0.2, 0.25) is 0 Å². The molecule has 8 heteroatoms. The summed E-state index contributed by atoms with van der Waals surface area (Å²) in [5, 5.41) is 3.05. The first-order valence-electron chi connectivity index (χ1n) is 8.75. The summed E-state index contributed by atoms with van der Waals surface area (Å²) in [6.07, 6.45) is 2.03. The highest BCUT2D eigenvalue weighted by Crippen LogP contribution is 2.24. The zero-order valence-electron chi connectivity index (χ0n) is 15.2. The summed E-state index contributed by atoms with van der Waals surface area (Å²) in [4.78, 5) is 4.35. The zero-order chi connectivity index (χ0) is 19.3. The van der Waals surface area contributed by atoms with Crippen LogP contribution < -0.4 is 15.8 Å². The summed E-state index contributed by atoms with van der Waals surface area (Å²) in [5.41, 5.74) is 6.75. The standard InChI is InChI=1S/C19H24N4O3S/c1-27(24,25)23-11-10-15(14-23)13-21-19(20)22-16-6-5-9-18(12-16)26-17-7-3-2-4-8-17/h2-9,12,15H,10-11,13-14H2,1H3,(H3,20,21,22). The monoisotopic (exact) mass is 388 g/mol. The van der Waals surface area contributed by atoms with Crippen molar-refractivity contribution in [3.05, 3.63) is 54.6 Å². The number of sulfonamides is 1. The molecular weight excluding hydrogens is 364 g/mol. The maximum atomic E-state index is 11.6. The smallest absolute Gasteiger partial charge is 0.211 e. The molecule has 0 radical (unpaired) electrons. The Labute approximate surface area is 159 Å². The molecule has 1 saturated heterocycles. The van der Waals surface area contributed by atoms with Gasteiger partial charge < -0.3 is 15.8 Å². The minimum atomic E-state index is -3.13. The van der Waals surface area contributed by atoms with Crippen LogP contribution in [0, 0.1) is 5.92 Å². The Hall–Kier alpha value is -2.58. The normalized spacial score (nSPS) is 18.4. The van der Waals surface area contributed by atoms with E-state index in [0.717, 1.165) is 17.9 Å². The Morgan fingerprint density at radius 2 is 1.96 bits per heavy atom. The van der Waals surface area contributed by atoms with E-state index in [0.29, 0.717) is 31.3 Å². The Kier molecular flexibility index (Phi) is 5.98. The number of para-hydroxylation sites is 1. The highest BCUT2D eigenvalue weighted by atomic mass is 32.2. The van der Waals surface area contributed by atoms with Crippen molar-refractivity contribution >= 4 is 21.7 Å². The zero-order valence-corrected chi connectivity index (χ0v) is 16.0. The van der Waals surface area contributed by atoms with E-state index in [2.05, 4.69) is 10.3 Å². The number of ether oxygens (including phenoxy) is 1. The first-order chi connectivity index (χ1) is 12.9. The Bertz CT molecular complexity index is 900. The van der Waals surface area contributed by atoms with E-state index in [1.165, 1.54) is 10.6 Å². The molecule has 3 rings (SSSR count). The van der Waals surface area contributed by atoms with Crippen LogP contribution in [0.3, 0.4) is 0 Å². The molecule has 7 nitrogen and oxygen atoms in total. The molecule has 1 fully saturated rings. The van der Waals surface area contributed by atoms with Crippen LogP contribution in [0.25, 0.3) is 0 Å². The molecular formula is C19H24N4O3S. The van der Waals surface area contributed by atoms with Crippen LogP contribution in [-0.4, -0.2) is 44.6 Å². The second kappa shape index (κ2) is 8.41. The van der Waals surface area contributed by atoms with Gasteiger partial charge in [0.25, 0.3) is 0 Å². The molecule has 27 heavy (non-hydrogen) atoms. The quantitative estimate of drug-likeness (QED) is 0.585. The van der Waals surface area contributed by atoms with E-state index in [4.69, 9.17) is 10.5 Å². The molecule has 0 saturated carbocycles. The van der Waals surface area contributed by atoms with Gasteiger partial charge in [0, 0.05) is 31.4 Å². The summed E-state index contributed by atoms with van der Waals surface area (Å²) in [6, 6.07) is 17.0. The largest absolute Gasteiger partial charge is 0.457 e. The number of rotatable bonds is 6. The molecule has 1 heterocycles. The number of hydrogen-bond donors (Lipinski definition) is 2. The highest BCUT2D eigenvalue weighted by molar-refractivity contribution is 7.88. The molecule has 1 atom stereocenters. The van der Waals surface area contributed by atoms with Crippen molar-refractivity contribution in [1.29, 1.82) is 0 Å². The second-order valence-electron chi connectivity index (χ2n) is 6.57. The first kappa shape index (κ1) is 19.2. The lowest BCUT2D eigenvalue weighted by Gasteiger charge is -2.12. The average Bonchev–Trinajstić information content (AvgIpc) is 3.11. The maximum absolute atomic E-state index is 11.6. The van der Waals surface area contributed by atoms with Crippen molar-refractivity contribution in [1.82, 2.24) is 4.31 Å². The fourth-order valence-corrected chi connectivity index (χ4v) is 3.84. The Balaban J connectivity index is 1.55. The average molecular weight is 388 g/mol. The number of anilines is 1. The fourth-order valence-electron chi connectivity index (χ4n) is 2.92. The van der Waals surface area contributed by atoms with Gasteiger partial charge >= 0.3 is 0 Å². The van der Waals surface area contributed by atoms with Gasteiger partial charge in [-0.15, -0.1) is 0 Å². The van der Waals surface area contributed by atoms with Gasteiger partial charge in [-0.1, -0.05) is 24.3 Å². The number of nitrogens with two attached hydrogens (primary N) is 1. The van der Waals surface area contributed by atoms with E-state index >= 15 is 0 Å². The number of aliphatic imine (C=N–C) groups is 1. The molecule has 1 aliphatic rings. The van der Waals surface area contributed by atoms with Gasteiger partial charge in [0.05, 0.1) is 6.26 Å². The molecule has 0 spiro atoms. The predicted molar refractivity (Wildman–Crippen MR) is 108 cm³/mol. The topological polar surface area (TPSA) is 97.0 Å². The number of hydrogen-bond acceptors (Lipinski definition) is 4. The molecule has 0 aliphatic carbocycles. The van der Waals surface area contributed by atoms with E-state index < -0.39 is 10.0 Å². The van der Waals surface area contributed by atoms with Crippen molar-refractivity contribution in [2.24, 2.45) is 16.6 Å². The van der Waals surface area contributed by atoms with Crippen LogP contribution in [0.4, 0.5) is 5.69 Å². The van der Waals surface area contributed by atoms with Crippen LogP contribution >= 0.6 is 0 Å². The van der Waals surface area contributed by atoms with Gasteiger partial charge in [-0.2, -0.15) is 0 Å². The predicted octanol–water partition coefficient (Wildman–Crippen LogP) is 2.49. The molecule has 1 aliphatic heterocycles. The van der Waals surface area contributed by atoms with E-state index in [1.54, 1.807) is 0 Å². The van der Waals surface area contributed by atoms with Crippen LogP contribution in [0.1, 0.15) is 6.42 Å². The van der Waals surface area contributed by atoms with Gasteiger partial charge in [-0.25, -0.2) is 12.7 Å². The van der Waals surface area contributed by atoms with Crippen molar-refractivity contribution < 1.29 is 13.2 Å². The summed E-state index contributed by atoms with van der Waals surface area (Å²) in [7, 11) is -3.13. The van der Waals surface area contributed by atoms with Crippen molar-refractivity contribution in [2.45, 2.75) is 6.42 Å². The van der Waals surface area contributed by atoms with Crippen molar-refractivity contribution in [3.8, 4) is 11.5 Å². The van der Waals surface area contributed by atoms with Gasteiger partial charge in [-0.3, -0.25) is 4.99 Å². The Morgan fingerprint density at radius 1 is 1.22 bits per heavy atom. The third kappa shape index (κ3) is 5.70. The molecule has 144 valence electrons. The fraction of sp³-hybridized carbons (Fsp3) is 0.316. The molecule has 3 N–H and O–H groups in total. The van der Waals surface area contributed by atoms with Crippen LogP contribution in [0.15, 0.2) is 59.6 Å². The van der Waals surface area contributed by atoms with Crippen molar-refractivity contribution in [3.63, 3.8) is 0 Å². The van der Waals surface area contributed by atoms with Crippen LogP contribution in [-0.2, 0) is 10.0 Å². The van der Waals surface area contributed by atoms with Crippen molar-refractivity contribution in [2.75, 3.05) is 31.2 Å². The second-order valence-corrected chi connectivity index (χ2v) is 8.55. The van der Waals surface area contributed by atoms with Crippen LogP contribution in [0.5, 0.6) is 11.5 Å². The summed E-state index contributed by atoms with van der Waals surface area (Å²) < 4.78 is 30.4. The lowest BCUT2D eigenvalue weighted by molar-refractivity contribution is 0.464. The Morgan fingerprint density at radius 3 is 2.67 bits per heavy atom. The maximum Gasteiger partial charge on any atom is 0.211 e.